The van der Waals surface area contributed by atoms with Gasteiger partial charge in [0.15, 0.2) is 0 Å². The van der Waals surface area contributed by atoms with E-state index in [0.29, 0.717) is 24.5 Å². The standard InChI is InChI=1S/C17H25ClN2O3/c1-12(2)19-11-17(23)7-8-20(10-15(17)21)16(22)9-13-3-5-14(18)6-4-13/h3-6,12,15,19,21,23H,7-11H2,1-2H3/t15-,17-/m0/s1. The Morgan fingerprint density at radius 2 is 2.09 bits per heavy atom. The number of piperidine rings is 1. The van der Waals surface area contributed by atoms with Crippen LogP contribution in [0, 0.1) is 0 Å². The van der Waals surface area contributed by atoms with E-state index in [9.17, 15) is 15.0 Å². The Morgan fingerprint density at radius 3 is 2.65 bits per heavy atom. The summed E-state index contributed by atoms with van der Waals surface area (Å²) in [4.78, 5) is 14.0. The molecule has 1 amide bonds. The monoisotopic (exact) mass is 340 g/mol. The molecule has 0 saturated carbocycles. The second kappa shape index (κ2) is 7.62. The Kier molecular flexibility index (Phi) is 6.03. The van der Waals surface area contributed by atoms with Crippen LogP contribution in [0.4, 0.5) is 0 Å². The van der Waals surface area contributed by atoms with Gasteiger partial charge in [-0.05, 0) is 24.1 Å². The summed E-state index contributed by atoms with van der Waals surface area (Å²) in [5.74, 6) is -0.0507. The number of nitrogens with zero attached hydrogens (tertiary/aromatic N) is 1. The summed E-state index contributed by atoms with van der Waals surface area (Å²) in [5, 5.41) is 24.6. The maximum atomic E-state index is 12.4. The van der Waals surface area contributed by atoms with Crippen LogP contribution in [0.2, 0.25) is 5.02 Å². The van der Waals surface area contributed by atoms with Crippen molar-refractivity contribution in [1.82, 2.24) is 10.2 Å². The van der Waals surface area contributed by atoms with Crippen molar-refractivity contribution in [2.75, 3.05) is 19.6 Å². The highest BCUT2D eigenvalue weighted by atomic mass is 35.5. The smallest absolute Gasteiger partial charge is 0.227 e. The number of aliphatic hydroxyl groups excluding tert-OH is 1. The molecular formula is C17H25ClN2O3. The fourth-order valence-corrected chi connectivity index (χ4v) is 2.79. The third-order valence-electron chi connectivity index (χ3n) is 4.27. The zero-order valence-corrected chi connectivity index (χ0v) is 14.4. The zero-order valence-electron chi connectivity index (χ0n) is 13.6. The molecule has 1 aromatic carbocycles. The van der Waals surface area contributed by atoms with E-state index in [0.717, 1.165) is 5.56 Å². The molecule has 0 aliphatic carbocycles. The predicted molar refractivity (Wildman–Crippen MR) is 90.4 cm³/mol. The summed E-state index contributed by atoms with van der Waals surface area (Å²) in [6.07, 6.45) is -0.316. The number of nitrogens with one attached hydrogen (secondary N) is 1. The van der Waals surface area contributed by atoms with Crippen LogP contribution in [0.5, 0.6) is 0 Å². The number of halogens is 1. The molecule has 0 aromatic heterocycles. The minimum Gasteiger partial charge on any atom is -0.388 e. The van der Waals surface area contributed by atoms with Gasteiger partial charge in [-0.2, -0.15) is 0 Å². The lowest BCUT2D eigenvalue weighted by atomic mass is 9.88. The highest BCUT2D eigenvalue weighted by Gasteiger charge is 2.41. The molecule has 1 aromatic rings. The molecule has 1 aliphatic rings. The molecule has 0 bridgehead atoms. The summed E-state index contributed by atoms with van der Waals surface area (Å²) >= 11 is 5.84. The minimum absolute atomic E-state index is 0.0507. The zero-order chi connectivity index (χ0) is 17.0. The average Bonchev–Trinajstić information content (AvgIpc) is 2.50. The second-order valence-electron chi connectivity index (χ2n) is 6.55. The molecule has 3 N–H and O–H groups in total. The number of carbonyl (C=O) groups excluding carboxylic acids is 1. The molecule has 23 heavy (non-hydrogen) atoms. The lowest BCUT2D eigenvalue weighted by Crippen LogP contribution is -2.61. The molecule has 1 heterocycles. The molecule has 0 unspecified atom stereocenters. The van der Waals surface area contributed by atoms with Gasteiger partial charge in [-0.25, -0.2) is 0 Å². The van der Waals surface area contributed by atoms with Crippen molar-refractivity contribution < 1.29 is 15.0 Å². The van der Waals surface area contributed by atoms with Crippen LogP contribution in [0.15, 0.2) is 24.3 Å². The van der Waals surface area contributed by atoms with Gasteiger partial charge in [-0.3, -0.25) is 4.79 Å². The van der Waals surface area contributed by atoms with Crippen molar-refractivity contribution >= 4 is 17.5 Å². The van der Waals surface area contributed by atoms with E-state index in [1.54, 1.807) is 17.0 Å². The van der Waals surface area contributed by atoms with Crippen LogP contribution in [0.3, 0.4) is 0 Å². The van der Waals surface area contributed by atoms with Crippen molar-refractivity contribution in [3.63, 3.8) is 0 Å². The normalized spacial score (nSPS) is 25.0. The van der Waals surface area contributed by atoms with E-state index < -0.39 is 11.7 Å². The number of hydrogen-bond acceptors (Lipinski definition) is 4. The molecule has 0 radical (unpaired) electrons. The summed E-state index contributed by atoms with van der Waals surface area (Å²) < 4.78 is 0. The first kappa shape index (κ1) is 18.2. The van der Waals surface area contributed by atoms with Gasteiger partial charge in [-0.15, -0.1) is 0 Å². The summed E-state index contributed by atoms with van der Waals surface area (Å²) in [6, 6.07) is 7.39. The number of carbonyl (C=O) groups is 1. The summed E-state index contributed by atoms with van der Waals surface area (Å²) in [6.45, 7) is 4.90. The van der Waals surface area contributed by atoms with Gasteiger partial charge in [0, 0.05) is 30.7 Å². The van der Waals surface area contributed by atoms with Gasteiger partial charge in [0.1, 0.15) is 11.7 Å². The average molecular weight is 341 g/mol. The van der Waals surface area contributed by atoms with Crippen molar-refractivity contribution in [2.45, 2.75) is 44.4 Å². The van der Waals surface area contributed by atoms with Crippen LogP contribution < -0.4 is 5.32 Å². The van der Waals surface area contributed by atoms with Gasteiger partial charge in [0.05, 0.1) is 6.42 Å². The predicted octanol–water partition coefficient (Wildman–Crippen LogP) is 1.20. The largest absolute Gasteiger partial charge is 0.388 e. The van der Waals surface area contributed by atoms with E-state index in [1.165, 1.54) is 0 Å². The van der Waals surface area contributed by atoms with Gasteiger partial charge in [0.2, 0.25) is 5.91 Å². The van der Waals surface area contributed by atoms with Crippen LogP contribution in [-0.2, 0) is 11.2 Å². The molecule has 128 valence electrons. The van der Waals surface area contributed by atoms with E-state index in [4.69, 9.17) is 11.6 Å². The van der Waals surface area contributed by atoms with Crippen molar-refractivity contribution in [1.29, 1.82) is 0 Å². The summed E-state index contributed by atoms with van der Waals surface area (Å²) in [5.41, 5.74) is -0.294. The highest BCUT2D eigenvalue weighted by molar-refractivity contribution is 6.30. The van der Waals surface area contributed by atoms with Gasteiger partial charge >= 0.3 is 0 Å². The maximum Gasteiger partial charge on any atom is 0.227 e. The van der Waals surface area contributed by atoms with Crippen LogP contribution in [0.1, 0.15) is 25.8 Å². The van der Waals surface area contributed by atoms with Crippen molar-refractivity contribution in [3.05, 3.63) is 34.9 Å². The molecular weight excluding hydrogens is 316 g/mol. The Balaban J connectivity index is 1.91. The maximum absolute atomic E-state index is 12.4. The van der Waals surface area contributed by atoms with E-state index in [-0.39, 0.29) is 24.9 Å². The van der Waals surface area contributed by atoms with Crippen LogP contribution in [0.25, 0.3) is 0 Å². The fourth-order valence-electron chi connectivity index (χ4n) is 2.67. The van der Waals surface area contributed by atoms with Crippen LogP contribution >= 0.6 is 11.6 Å². The number of likely N-dealkylation sites (tertiary alicyclic amines) is 1. The number of β-amino-alcohol motifs (C(OH)–C–C–N with tert-alkyl or cyclic N) is 1. The van der Waals surface area contributed by atoms with Gasteiger partial charge in [0.25, 0.3) is 0 Å². The molecule has 2 atom stereocenters. The SMILES string of the molecule is CC(C)NC[C@@]1(O)CCN(C(=O)Cc2ccc(Cl)cc2)C[C@@H]1O. The molecule has 6 heteroatoms. The molecule has 2 rings (SSSR count). The Labute approximate surface area is 142 Å². The molecule has 1 aliphatic heterocycles. The van der Waals surface area contributed by atoms with E-state index in [2.05, 4.69) is 5.32 Å². The first-order chi connectivity index (χ1) is 10.8. The quantitative estimate of drug-likeness (QED) is 0.753. The number of hydrogen-bond donors (Lipinski definition) is 3. The lowest BCUT2D eigenvalue weighted by Gasteiger charge is -2.42. The van der Waals surface area contributed by atoms with E-state index >= 15 is 0 Å². The highest BCUT2D eigenvalue weighted by Crippen LogP contribution is 2.23. The summed E-state index contributed by atoms with van der Waals surface area (Å²) in [7, 11) is 0. The Hall–Kier alpha value is -1.14. The first-order valence-corrected chi connectivity index (χ1v) is 8.34. The van der Waals surface area contributed by atoms with Gasteiger partial charge < -0.3 is 20.4 Å². The number of aliphatic hydroxyl groups is 2. The molecule has 0 spiro atoms. The second-order valence-corrected chi connectivity index (χ2v) is 6.98. The topological polar surface area (TPSA) is 72.8 Å². The van der Waals surface area contributed by atoms with Crippen molar-refractivity contribution in [3.8, 4) is 0 Å². The number of benzene rings is 1. The van der Waals surface area contributed by atoms with E-state index in [1.807, 2.05) is 26.0 Å². The molecule has 5 nitrogen and oxygen atoms in total. The minimum atomic E-state index is -1.18. The van der Waals surface area contributed by atoms with Gasteiger partial charge in [-0.1, -0.05) is 37.6 Å². The lowest BCUT2D eigenvalue weighted by molar-refractivity contribution is -0.148. The number of amides is 1. The number of rotatable bonds is 5. The fraction of sp³-hybridized carbons (Fsp3) is 0.588. The van der Waals surface area contributed by atoms with Crippen molar-refractivity contribution in [2.24, 2.45) is 0 Å². The van der Waals surface area contributed by atoms with Crippen LogP contribution in [-0.4, -0.2) is 58.4 Å². The third kappa shape index (κ3) is 4.91. The third-order valence-corrected chi connectivity index (χ3v) is 4.52. The molecule has 1 saturated heterocycles. The Bertz CT molecular complexity index is 535. The first-order valence-electron chi connectivity index (χ1n) is 7.96. The Morgan fingerprint density at radius 1 is 1.43 bits per heavy atom. The molecule has 1 fully saturated rings.